The van der Waals surface area contributed by atoms with E-state index in [0.717, 1.165) is 11.4 Å². The summed E-state index contributed by atoms with van der Waals surface area (Å²) < 4.78 is -0.343. The molecule has 19 heavy (non-hydrogen) atoms. The lowest BCUT2D eigenvalue weighted by Crippen LogP contribution is -3.00. The third-order valence-electron chi connectivity index (χ3n) is 3.03. The lowest BCUT2D eigenvalue weighted by molar-refractivity contribution is -0.202. The number of hydrogen-bond donors (Lipinski definition) is 2. The maximum atomic E-state index is 10.9. The van der Waals surface area contributed by atoms with Crippen LogP contribution in [-0.4, -0.2) is 16.9 Å². The van der Waals surface area contributed by atoms with Crippen molar-refractivity contribution in [3.8, 4) is 0 Å². The van der Waals surface area contributed by atoms with Crippen LogP contribution in [-0.2, 0) is 0 Å². The number of fused-ring (bicyclic) bond motifs is 1. The molecule has 0 saturated carbocycles. The molecule has 1 atom stereocenters. The molecule has 1 unspecified atom stereocenters. The molecule has 0 aromatic heterocycles. The highest BCUT2D eigenvalue weighted by molar-refractivity contribution is 6.30. The standard InChI is InChI=1S/C13H13ClN3O.BrH/c14-11-4-6-13(7-5-11)17(18)10-15-9-12-3-1-2-8-16(12)17;/h1-9,15,18H,10H2;1H/q+1;/p-1. The van der Waals surface area contributed by atoms with Crippen molar-refractivity contribution in [2.45, 2.75) is 0 Å². The fraction of sp³-hybridized carbons (Fsp3) is 0.0769. The van der Waals surface area contributed by atoms with Crippen LogP contribution in [0.5, 0.6) is 0 Å². The Kier molecular flexibility index (Phi) is 4.01. The molecule has 0 bridgehead atoms. The molecule has 100 valence electrons. The largest absolute Gasteiger partial charge is 1.00 e. The minimum atomic E-state index is -0.343. The molecular formula is C13H13BrClN3O. The minimum absolute atomic E-state index is 0. The Bertz CT molecular complexity index is 556. The van der Waals surface area contributed by atoms with Crippen molar-refractivity contribution >= 4 is 17.3 Å². The number of halogens is 2. The zero-order valence-electron chi connectivity index (χ0n) is 10.0. The van der Waals surface area contributed by atoms with Gasteiger partial charge in [-0.15, -0.1) is 0 Å². The number of quaternary nitrogens is 1. The molecule has 2 aliphatic rings. The molecule has 1 aromatic carbocycles. The molecule has 4 nitrogen and oxygen atoms in total. The summed E-state index contributed by atoms with van der Waals surface area (Å²) in [7, 11) is 0. The van der Waals surface area contributed by atoms with E-state index in [2.05, 4.69) is 5.32 Å². The van der Waals surface area contributed by atoms with E-state index in [0.29, 0.717) is 11.7 Å². The van der Waals surface area contributed by atoms with Gasteiger partial charge in [0.2, 0.25) is 6.67 Å². The molecule has 0 aliphatic carbocycles. The highest BCUT2D eigenvalue weighted by Gasteiger charge is 2.39. The molecule has 0 fully saturated rings. The lowest BCUT2D eigenvalue weighted by atomic mass is 10.2. The van der Waals surface area contributed by atoms with Gasteiger partial charge in [0.25, 0.3) is 0 Å². The summed E-state index contributed by atoms with van der Waals surface area (Å²) in [4.78, 5) is 0. The maximum Gasteiger partial charge on any atom is 0.212 e. The van der Waals surface area contributed by atoms with Crippen LogP contribution in [0.3, 0.4) is 0 Å². The summed E-state index contributed by atoms with van der Waals surface area (Å²) in [5.74, 6) is 0. The quantitative estimate of drug-likeness (QED) is 0.691. The van der Waals surface area contributed by atoms with E-state index >= 15 is 0 Å². The van der Waals surface area contributed by atoms with Gasteiger partial charge in [-0.2, -0.15) is 10.2 Å². The summed E-state index contributed by atoms with van der Waals surface area (Å²) in [6.45, 7) is 0.364. The normalized spacial score (nSPS) is 24.1. The predicted octanol–water partition coefficient (Wildman–Crippen LogP) is -0.257. The molecule has 3 rings (SSSR count). The van der Waals surface area contributed by atoms with Crippen LogP contribution in [0.15, 0.2) is 60.6 Å². The van der Waals surface area contributed by atoms with Crippen molar-refractivity contribution in [3.05, 3.63) is 65.6 Å². The highest BCUT2D eigenvalue weighted by atomic mass is 79.9. The van der Waals surface area contributed by atoms with Crippen molar-refractivity contribution < 1.29 is 22.2 Å². The van der Waals surface area contributed by atoms with Crippen LogP contribution < -0.4 is 27.1 Å². The van der Waals surface area contributed by atoms with Crippen LogP contribution in [0.1, 0.15) is 0 Å². The average Bonchev–Trinajstić information content (AvgIpc) is 2.40. The molecule has 2 aliphatic heterocycles. The number of rotatable bonds is 1. The first-order valence-electron chi connectivity index (χ1n) is 5.65. The van der Waals surface area contributed by atoms with Crippen LogP contribution in [0.2, 0.25) is 5.02 Å². The Morgan fingerprint density at radius 1 is 1.21 bits per heavy atom. The molecular weight excluding hydrogens is 330 g/mol. The van der Waals surface area contributed by atoms with Gasteiger partial charge in [0, 0.05) is 23.4 Å². The maximum absolute atomic E-state index is 10.9. The van der Waals surface area contributed by atoms with Crippen molar-refractivity contribution in [2.24, 2.45) is 0 Å². The Morgan fingerprint density at radius 2 is 1.95 bits per heavy atom. The second-order valence-corrected chi connectivity index (χ2v) is 4.62. The van der Waals surface area contributed by atoms with Gasteiger partial charge >= 0.3 is 0 Å². The van der Waals surface area contributed by atoms with E-state index in [1.54, 1.807) is 17.1 Å². The van der Waals surface area contributed by atoms with E-state index < -0.39 is 0 Å². The Labute approximate surface area is 127 Å². The molecule has 0 radical (unpaired) electrons. The van der Waals surface area contributed by atoms with Crippen molar-refractivity contribution in [1.29, 1.82) is 0 Å². The smallest absolute Gasteiger partial charge is 0.212 e. The summed E-state index contributed by atoms with van der Waals surface area (Å²) in [6.07, 6.45) is 9.48. The number of benzene rings is 1. The van der Waals surface area contributed by atoms with Crippen LogP contribution in [0.25, 0.3) is 0 Å². The van der Waals surface area contributed by atoms with E-state index in [9.17, 15) is 5.21 Å². The van der Waals surface area contributed by atoms with Crippen molar-refractivity contribution in [1.82, 2.24) is 15.1 Å². The van der Waals surface area contributed by atoms with Crippen LogP contribution >= 0.6 is 11.6 Å². The Morgan fingerprint density at radius 3 is 2.68 bits per heavy atom. The number of nitrogens with zero attached hydrogens (tertiary/aromatic N) is 2. The number of nitrogens with one attached hydrogen (secondary N) is 1. The fourth-order valence-electron chi connectivity index (χ4n) is 2.11. The van der Waals surface area contributed by atoms with Crippen molar-refractivity contribution in [2.75, 3.05) is 6.67 Å². The van der Waals surface area contributed by atoms with Gasteiger partial charge in [-0.3, -0.25) is 0 Å². The zero-order valence-corrected chi connectivity index (χ0v) is 12.3. The number of hydroxylamine groups is 1. The van der Waals surface area contributed by atoms with E-state index in [1.165, 1.54) is 0 Å². The van der Waals surface area contributed by atoms with Gasteiger partial charge in [-0.05, 0) is 29.0 Å². The fourth-order valence-corrected chi connectivity index (χ4v) is 2.24. The van der Waals surface area contributed by atoms with Gasteiger partial charge in [0.1, 0.15) is 5.70 Å². The first kappa shape index (κ1) is 14.1. The molecule has 0 spiro atoms. The first-order valence-corrected chi connectivity index (χ1v) is 6.03. The second-order valence-electron chi connectivity index (χ2n) is 4.18. The Balaban J connectivity index is 0.00000133. The van der Waals surface area contributed by atoms with Gasteiger partial charge < -0.3 is 22.3 Å². The monoisotopic (exact) mass is 341 g/mol. The highest BCUT2D eigenvalue weighted by Crippen LogP contribution is 2.30. The van der Waals surface area contributed by atoms with E-state index in [-0.39, 0.29) is 21.7 Å². The van der Waals surface area contributed by atoms with Gasteiger partial charge in [-0.25, -0.2) is 0 Å². The van der Waals surface area contributed by atoms with Crippen LogP contribution in [0.4, 0.5) is 5.69 Å². The van der Waals surface area contributed by atoms with Crippen molar-refractivity contribution in [3.63, 3.8) is 0 Å². The average molecular weight is 343 g/mol. The van der Waals surface area contributed by atoms with Crippen LogP contribution in [0, 0.1) is 0 Å². The summed E-state index contributed by atoms with van der Waals surface area (Å²) in [5, 5.41) is 16.4. The minimum Gasteiger partial charge on any atom is -1.00 e. The van der Waals surface area contributed by atoms with Gasteiger partial charge in [-0.1, -0.05) is 17.7 Å². The topological polar surface area (TPSA) is 35.5 Å². The third-order valence-corrected chi connectivity index (χ3v) is 3.28. The van der Waals surface area contributed by atoms with Gasteiger partial charge in [0.05, 0.1) is 6.20 Å². The third kappa shape index (κ3) is 2.42. The second kappa shape index (κ2) is 5.38. The van der Waals surface area contributed by atoms with E-state index in [4.69, 9.17) is 11.6 Å². The Hall–Kier alpha value is -1.27. The molecule has 2 N–H and O–H groups in total. The lowest BCUT2D eigenvalue weighted by Gasteiger charge is -2.41. The number of allylic oxidation sites excluding steroid dienone is 3. The summed E-state index contributed by atoms with van der Waals surface area (Å²) in [5.41, 5.74) is 1.65. The zero-order chi connectivity index (χ0) is 12.6. The SMILES string of the molecule is O[N+]1(c2ccc(Cl)cc2)CNC=C2C=CC=CN21.[Br-]. The molecule has 2 heterocycles. The first-order chi connectivity index (χ1) is 8.70. The number of hydrogen-bond acceptors (Lipinski definition) is 3. The molecule has 1 aromatic rings. The summed E-state index contributed by atoms with van der Waals surface area (Å²) >= 11 is 5.88. The summed E-state index contributed by atoms with van der Waals surface area (Å²) in [6, 6.07) is 7.18. The van der Waals surface area contributed by atoms with Gasteiger partial charge in [0.15, 0.2) is 5.69 Å². The molecule has 0 saturated heterocycles. The predicted molar refractivity (Wildman–Crippen MR) is 71.2 cm³/mol. The molecule has 6 heteroatoms. The molecule has 0 amide bonds. The van der Waals surface area contributed by atoms with E-state index in [1.807, 2.05) is 42.8 Å².